The van der Waals surface area contributed by atoms with Gasteiger partial charge in [0.15, 0.2) is 0 Å². The van der Waals surface area contributed by atoms with Crippen LogP contribution >= 0.6 is 11.3 Å². The molecule has 0 saturated carbocycles. The van der Waals surface area contributed by atoms with Crippen molar-refractivity contribution in [2.24, 2.45) is 0 Å². The molecule has 43 heavy (non-hydrogen) atoms. The van der Waals surface area contributed by atoms with Gasteiger partial charge in [0.25, 0.3) is 0 Å². The second kappa shape index (κ2) is 9.59. The zero-order valence-corrected chi connectivity index (χ0v) is 24.0. The van der Waals surface area contributed by atoms with Gasteiger partial charge >= 0.3 is 0 Å². The van der Waals surface area contributed by atoms with Crippen LogP contribution in [0.5, 0.6) is 0 Å². The molecule has 202 valence electrons. The minimum absolute atomic E-state index is 0.887. The molecule has 3 heteroatoms. The molecule has 0 spiro atoms. The predicted octanol–water partition coefficient (Wildman–Crippen LogP) is 12.2. The lowest BCUT2D eigenvalue weighted by Gasteiger charge is -2.28. The lowest BCUT2D eigenvalue weighted by molar-refractivity contribution is 0.669. The van der Waals surface area contributed by atoms with Gasteiger partial charge in [-0.25, -0.2) is 0 Å². The minimum Gasteiger partial charge on any atom is -0.456 e. The molecule has 7 aromatic carbocycles. The van der Waals surface area contributed by atoms with Gasteiger partial charge in [0.05, 0.1) is 21.5 Å². The number of hydrogen-bond donors (Lipinski definition) is 0. The first-order valence-corrected chi connectivity index (χ1v) is 15.3. The topological polar surface area (TPSA) is 16.4 Å². The van der Waals surface area contributed by atoms with E-state index in [2.05, 4.69) is 150 Å². The molecule has 0 aliphatic carbocycles. The highest BCUT2D eigenvalue weighted by Crippen LogP contribution is 2.51. The third kappa shape index (κ3) is 3.79. The fourth-order valence-electron chi connectivity index (χ4n) is 6.49. The molecule has 0 aliphatic heterocycles. The molecular weight excluding hydrogens is 543 g/mol. The second-order valence-corrected chi connectivity index (χ2v) is 12.0. The van der Waals surface area contributed by atoms with Crippen LogP contribution in [0.3, 0.4) is 0 Å². The molecule has 0 unspecified atom stereocenters. The number of furan rings is 1. The number of nitrogens with zero attached hydrogens (tertiary/aromatic N) is 1. The lowest BCUT2D eigenvalue weighted by Crippen LogP contribution is -2.11. The van der Waals surface area contributed by atoms with Crippen LogP contribution in [0.15, 0.2) is 156 Å². The first-order chi connectivity index (χ1) is 21.3. The van der Waals surface area contributed by atoms with E-state index in [-0.39, 0.29) is 0 Å². The highest BCUT2D eigenvalue weighted by molar-refractivity contribution is 7.26. The van der Waals surface area contributed by atoms with Gasteiger partial charge in [0.2, 0.25) is 0 Å². The molecule has 0 amide bonds. The zero-order valence-electron chi connectivity index (χ0n) is 23.2. The number of anilines is 3. The SMILES string of the molecule is c1ccc(-c2ccc(N(c3c4ccccc4cc4c3sc3ccccc34)c3cccc4oc5ccccc5c34)cc2)cc1. The van der Waals surface area contributed by atoms with E-state index >= 15 is 0 Å². The summed E-state index contributed by atoms with van der Waals surface area (Å²) >= 11 is 1.87. The number of fused-ring (bicyclic) bond motifs is 7. The van der Waals surface area contributed by atoms with E-state index in [1.165, 1.54) is 47.8 Å². The van der Waals surface area contributed by atoms with Crippen LogP contribution in [0.1, 0.15) is 0 Å². The van der Waals surface area contributed by atoms with Gasteiger partial charge in [0.1, 0.15) is 11.2 Å². The van der Waals surface area contributed by atoms with Crippen LogP contribution in [0.25, 0.3) is 64.0 Å². The standard InChI is InChI=1S/C40H25NOS/c1-2-11-26(12-3-1)27-21-23-29(24-22-27)41(34-17-10-19-36-38(34)32-16-6-8-18-35(32)42-36)39-30-14-5-4-13-28(30)25-33-31-15-7-9-20-37(31)43-40(33)39/h1-25H. The Hall–Kier alpha value is -5.38. The van der Waals surface area contributed by atoms with E-state index < -0.39 is 0 Å². The second-order valence-electron chi connectivity index (χ2n) is 10.9. The van der Waals surface area contributed by atoms with Gasteiger partial charge in [-0.15, -0.1) is 11.3 Å². The third-order valence-electron chi connectivity index (χ3n) is 8.44. The van der Waals surface area contributed by atoms with Crippen molar-refractivity contribution < 1.29 is 4.42 Å². The molecule has 0 fully saturated rings. The van der Waals surface area contributed by atoms with Gasteiger partial charge in [0, 0.05) is 31.9 Å². The molecule has 0 atom stereocenters. The normalized spacial score (nSPS) is 11.7. The Morgan fingerprint density at radius 2 is 1.16 bits per heavy atom. The number of rotatable bonds is 4. The molecular formula is C40H25NOS. The Kier molecular flexibility index (Phi) is 5.40. The summed E-state index contributed by atoms with van der Waals surface area (Å²) in [5, 5.41) is 7.26. The highest BCUT2D eigenvalue weighted by atomic mass is 32.1. The average Bonchev–Trinajstić information content (AvgIpc) is 3.64. The molecule has 2 aromatic heterocycles. The van der Waals surface area contributed by atoms with Gasteiger partial charge < -0.3 is 9.32 Å². The summed E-state index contributed by atoms with van der Waals surface area (Å²) in [6.07, 6.45) is 0. The summed E-state index contributed by atoms with van der Waals surface area (Å²) in [4.78, 5) is 2.46. The van der Waals surface area contributed by atoms with Gasteiger partial charge in [-0.3, -0.25) is 0 Å². The Morgan fingerprint density at radius 1 is 0.488 bits per heavy atom. The molecule has 0 N–H and O–H groups in total. The Labute approximate surface area is 252 Å². The van der Waals surface area contributed by atoms with Crippen molar-refractivity contribution in [1.29, 1.82) is 0 Å². The summed E-state index contributed by atoms with van der Waals surface area (Å²) in [6, 6.07) is 54.2. The molecule has 9 rings (SSSR count). The van der Waals surface area contributed by atoms with E-state index in [0.717, 1.165) is 33.3 Å². The lowest BCUT2D eigenvalue weighted by atomic mass is 10.0. The Balaban J connectivity index is 1.41. The molecule has 2 nitrogen and oxygen atoms in total. The van der Waals surface area contributed by atoms with Crippen LogP contribution < -0.4 is 4.90 Å². The largest absolute Gasteiger partial charge is 0.456 e. The quantitative estimate of drug-likeness (QED) is 0.210. The van der Waals surface area contributed by atoms with E-state index in [9.17, 15) is 0 Å². The Bertz CT molecular complexity index is 2450. The summed E-state index contributed by atoms with van der Waals surface area (Å²) in [5.74, 6) is 0. The average molecular weight is 568 g/mol. The number of thiophene rings is 1. The monoisotopic (exact) mass is 567 g/mol. The number of benzene rings is 7. The van der Waals surface area contributed by atoms with Crippen molar-refractivity contribution in [2.75, 3.05) is 4.90 Å². The van der Waals surface area contributed by atoms with E-state index in [1.54, 1.807) is 0 Å². The zero-order chi connectivity index (χ0) is 28.3. The molecule has 9 aromatic rings. The number of para-hydroxylation sites is 1. The fourth-order valence-corrected chi connectivity index (χ4v) is 7.72. The van der Waals surface area contributed by atoms with Crippen LogP contribution in [-0.4, -0.2) is 0 Å². The van der Waals surface area contributed by atoms with Crippen LogP contribution in [0, 0.1) is 0 Å². The molecule has 0 radical (unpaired) electrons. The smallest absolute Gasteiger partial charge is 0.137 e. The van der Waals surface area contributed by atoms with Gasteiger partial charge in [-0.05, 0) is 59.0 Å². The van der Waals surface area contributed by atoms with E-state index in [1.807, 2.05) is 17.4 Å². The summed E-state index contributed by atoms with van der Waals surface area (Å²) in [5.41, 5.74) is 7.59. The molecule has 0 aliphatic rings. The highest BCUT2D eigenvalue weighted by Gasteiger charge is 2.24. The van der Waals surface area contributed by atoms with E-state index in [4.69, 9.17) is 4.42 Å². The third-order valence-corrected chi connectivity index (χ3v) is 9.64. The molecule has 0 saturated heterocycles. The molecule has 2 heterocycles. The Morgan fingerprint density at radius 3 is 2.02 bits per heavy atom. The summed E-state index contributed by atoms with van der Waals surface area (Å²) < 4.78 is 8.96. The first kappa shape index (κ1) is 24.2. The summed E-state index contributed by atoms with van der Waals surface area (Å²) in [6.45, 7) is 0. The van der Waals surface area contributed by atoms with Crippen LogP contribution in [0.4, 0.5) is 17.1 Å². The van der Waals surface area contributed by atoms with Gasteiger partial charge in [-0.1, -0.05) is 109 Å². The maximum Gasteiger partial charge on any atom is 0.137 e. The fraction of sp³-hybridized carbons (Fsp3) is 0. The van der Waals surface area contributed by atoms with Crippen molar-refractivity contribution in [3.63, 3.8) is 0 Å². The van der Waals surface area contributed by atoms with Crippen molar-refractivity contribution in [2.45, 2.75) is 0 Å². The predicted molar refractivity (Wildman–Crippen MR) is 184 cm³/mol. The van der Waals surface area contributed by atoms with Gasteiger partial charge in [-0.2, -0.15) is 0 Å². The van der Waals surface area contributed by atoms with E-state index in [0.29, 0.717) is 0 Å². The summed E-state index contributed by atoms with van der Waals surface area (Å²) in [7, 11) is 0. The van der Waals surface area contributed by atoms with Crippen molar-refractivity contribution >= 4 is 81.3 Å². The van der Waals surface area contributed by atoms with Crippen LogP contribution in [0.2, 0.25) is 0 Å². The van der Waals surface area contributed by atoms with Crippen LogP contribution in [-0.2, 0) is 0 Å². The first-order valence-electron chi connectivity index (χ1n) is 14.5. The van der Waals surface area contributed by atoms with Crippen molar-refractivity contribution in [3.05, 3.63) is 152 Å². The maximum atomic E-state index is 6.39. The maximum absolute atomic E-state index is 6.39. The number of hydrogen-bond acceptors (Lipinski definition) is 3. The van der Waals surface area contributed by atoms with Crippen molar-refractivity contribution in [1.82, 2.24) is 0 Å². The molecule has 0 bridgehead atoms. The minimum atomic E-state index is 0.887. The van der Waals surface area contributed by atoms with Crippen molar-refractivity contribution in [3.8, 4) is 11.1 Å².